The molecule has 0 saturated heterocycles. The Labute approximate surface area is 139 Å². The fraction of sp³-hybridized carbons (Fsp3) is 0.231. The molecule has 0 amide bonds. The molecule has 20 heavy (non-hydrogen) atoms. The maximum absolute atomic E-state index is 12.5. The van der Waals surface area contributed by atoms with Crippen LogP contribution in [0.4, 0.5) is 0 Å². The Morgan fingerprint density at radius 1 is 1.25 bits per heavy atom. The fourth-order valence-electron chi connectivity index (χ4n) is 1.66. The summed E-state index contributed by atoms with van der Waals surface area (Å²) in [6, 6.07) is 9.31. The summed E-state index contributed by atoms with van der Waals surface area (Å²) in [6.07, 6.45) is 0. The molecule has 3 nitrogen and oxygen atoms in total. The van der Waals surface area contributed by atoms with Gasteiger partial charge >= 0.3 is 0 Å². The van der Waals surface area contributed by atoms with Gasteiger partial charge in [0.1, 0.15) is 4.21 Å². The van der Waals surface area contributed by atoms with Gasteiger partial charge in [-0.3, -0.25) is 0 Å². The highest BCUT2D eigenvalue weighted by Crippen LogP contribution is 2.32. The Morgan fingerprint density at radius 3 is 2.45 bits per heavy atom. The number of halogens is 2. The molecule has 0 aliphatic rings. The first-order chi connectivity index (χ1) is 9.32. The van der Waals surface area contributed by atoms with Crippen LogP contribution >= 0.6 is 43.2 Å². The molecular formula is C13H13Br2NO2S2. The lowest BCUT2D eigenvalue weighted by molar-refractivity contribution is 0.468. The Morgan fingerprint density at radius 2 is 1.90 bits per heavy atom. The maximum Gasteiger partial charge on any atom is 0.252 e. The minimum atomic E-state index is -3.45. The summed E-state index contributed by atoms with van der Waals surface area (Å²) in [7, 11) is -1.86. The second-order valence-corrected chi connectivity index (χ2v) is 9.87. The topological polar surface area (TPSA) is 37.4 Å². The van der Waals surface area contributed by atoms with Crippen LogP contribution in [-0.4, -0.2) is 19.8 Å². The number of rotatable bonds is 4. The molecule has 0 aliphatic heterocycles. The maximum atomic E-state index is 12.5. The van der Waals surface area contributed by atoms with Crippen LogP contribution in [0.5, 0.6) is 0 Å². The monoisotopic (exact) mass is 437 g/mol. The molecule has 0 aliphatic carbocycles. The number of hydrogen-bond donors (Lipinski definition) is 0. The molecule has 0 N–H and O–H groups in total. The van der Waals surface area contributed by atoms with Crippen LogP contribution in [0.15, 0.2) is 42.8 Å². The van der Waals surface area contributed by atoms with Gasteiger partial charge in [-0.2, -0.15) is 4.31 Å². The van der Waals surface area contributed by atoms with Crippen LogP contribution < -0.4 is 0 Å². The van der Waals surface area contributed by atoms with Crippen LogP contribution in [0.1, 0.15) is 11.1 Å². The highest BCUT2D eigenvalue weighted by Gasteiger charge is 2.24. The summed E-state index contributed by atoms with van der Waals surface area (Å²) in [4.78, 5) is 0. The van der Waals surface area contributed by atoms with E-state index in [1.54, 1.807) is 13.1 Å². The van der Waals surface area contributed by atoms with Crippen molar-refractivity contribution in [2.75, 3.05) is 7.05 Å². The van der Waals surface area contributed by atoms with Crippen LogP contribution in [0, 0.1) is 6.92 Å². The third kappa shape index (κ3) is 3.33. The number of aryl methyl sites for hydroxylation is 1. The smallest absolute Gasteiger partial charge is 0.206 e. The number of hydrogen-bond acceptors (Lipinski definition) is 3. The first kappa shape index (κ1) is 16.2. The lowest BCUT2D eigenvalue weighted by Crippen LogP contribution is -2.26. The van der Waals surface area contributed by atoms with Gasteiger partial charge < -0.3 is 0 Å². The molecule has 1 aromatic heterocycles. The number of sulfonamides is 1. The van der Waals surface area contributed by atoms with Gasteiger partial charge in [0, 0.05) is 18.1 Å². The summed E-state index contributed by atoms with van der Waals surface area (Å²) in [5, 5.41) is 0. The lowest BCUT2D eigenvalue weighted by Gasteiger charge is -2.16. The highest BCUT2D eigenvalue weighted by molar-refractivity contribution is 9.11. The molecule has 0 unspecified atom stereocenters. The molecule has 0 fully saturated rings. The van der Waals surface area contributed by atoms with Crippen molar-refractivity contribution in [3.05, 3.63) is 49.7 Å². The summed E-state index contributed by atoms with van der Waals surface area (Å²) in [5.41, 5.74) is 1.87. The molecule has 0 atom stereocenters. The molecule has 108 valence electrons. The normalized spacial score (nSPS) is 12.1. The van der Waals surface area contributed by atoms with E-state index < -0.39 is 10.0 Å². The second-order valence-electron chi connectivity index (χ2n) is 4.37. The molecule has 0 saturated carbocycles. The van der Waals surface area contributed by atoms with E-state index in [4.69, 9.17) is 0 Å². The molecule has 2 aromatic rings. The van der Waals surface area contributed by atoms with E-state index in [-0.39, 0.29) is 0 Å². The molecule has 1 aromatic carbocycles. The van der Waals surface area contributed by atoms with E-state index in [0.29, 0.717) is 10.8 Å². The lowest BCUT2D eigenvalue weighted by atomic mass is 10.2. The number of thiophene rings is 1. The molecule has 7 heteroatoms. The highest BCUT2D eigenvalue weighted by atomic mass is 79.9. The summed E-state index contributed by atoms with van der Waals surface area (Å²) in [6.45, 7) is 2.21. The molecular weight excluding hydrogens is 426 g/mol. The van der Waals surface area contributed by atoms with Gasteiger partial charge in [-0.05, 0) is 46.1 Å². The van der Waals surface area contributed by atoms with Crippen molar-refractivity contribution in [2.45, 2.75) is 17.7 Å². The molecule has 0 bridgehead atoms. The first-order valence-corrected chi connectivity index (χ1v) is 9.62. The van der Waals surface area contributed by atoms with E-state index in [9.17, 15) is 8.42 Å². The third-order valence-electron chi connectivity index (χ3n) is 2.85. The van der Waals surface area contributed by atoms with Crippen molar-refractivity contribution in [3.63, 3.8) is 0 Å². The predicted molar refractivity (Wildman–Crippen MR) is 89.6 cm³/mol. The van der Waals surface area contributed by atoms with E-state index >= 15 is 0 Å². The minimum absolute atomic E-state index is 0.332. The van der Waals surface area contributed by atoms with Crippen molar-refractivity contribution in [1.82, 2.24) is 4.31 Å². The number of benzene rings is 1. The summed E-state index contributed by atoms with van der Waals surface area (Å²) >= 11 is 8.04. The van der Waals surface area contributed by atoms with Gasteiger partial charge in [0.25, 0.3) is 10.0 Å². The van der Waals surface area contributed by atoms with E-state index in [1.165, 1.54) is 15.6 Å². The van der Waals surface area contributed by atoms with E-state index in [1.807, 2.05) is 31.2 Å². The zero-order chi connectivity index (χ0) is 14.9. The second kappa shape index (κ2) is 6.27. The van der Waals surface area contributed by atoms with Gasteiger partial charge in [-0.25, -0.2) is 8.42 Å². The Balaban J connectivity index is 2.28. The van der Waals surface area contributed by atoms with Crippen molar-refractivity contribution in [2.24, 2.45) is 0 Å². The minimum Gasteiger partial charge on any atom is -0.206 e. The Hall–Kier alpha value is -0.210. The van der Waals surface area contributed by atoms with Crippen LogP contribution in [0.2, 0.25) is 0 Å². The largest absolute Gasteiger partial charge is 0.252 e. The molecule has 1 heterocycles. The first-order valence-electron chi connectivity index (χ1n) is 5.78. The van der Waals surface area contributed by atoms with Crippen LogP contribution in [0.25, 0.3) is 0 Å². The predicted octanol–water partition coefficient (Wildman–Crippen LogP) is 4.40. The van der Waals surface area contributed by atoms with Gasteiger partial charge in [-0.1, -0.05) is 34.1 Å². The van der Waals surface area contributed by atoms with E-state index in [2.05, 4.69) is 31.9 Å². The SMILES string of the molecule is Cc1cc(S(=O)(=O)N(C)Cc2ccccc2Br)sc1Br. The average Bonchev–Trinajstić information content (AvgIpc) is 2.73. The molecule has 2 rings (SSSR count). The molecule has 0 spiro atoms. The summed E-state index contributed by atoms with van der Waals surface area (Å²) in [5.74, 6) is 0. The Bertz CT molecular complexity index is 706. The van der Waals surface area contributed by atoms with Crippen molar-refractivity contribution >= 4 is 53.2 Å². The standard InChI is InChI=1S/C13H13Br2NO2S2/c1-9-7-12(19-13(9)15)20(17,18)16(2)8-10-5-3-4-6-11(10)14/h3-7H,8H2,1-2H3. The van der Waals surface area contributed by atoms with Gasteiger partial charge in [0.05, 0.1) is 3.79 Å². The van der Waals surface area contributed by atoms with Crippen LogP contribution in [-0.2, 0) is 16.6 Å². The molecule has 0 radical (unpaired) electrons. The van der Waals surface area contributed by atoms with E-state index in [0.717, 1.165) is 19.4 Å². The van der Waals surface area contributed by atoms with Gasteiger partial charge in [0.15, 0.2) is 0 Å². The zero-order valence-electron chi connectivity index (χ0n) is 10.9. The van der Waals surface area contributed by atoms with Crippen molar-refractivity contribution in [1.29, 1.82) is 0 Å². The van der Waals surface area contributed by atoms with Crippen molar-refractivity contribution < 1.29 is 8.42 Å². The van der Waals surface area contributed by atoms with Crippen molar-refractivity contribution in [3.8, 4) is 0 Å². The zero-order valence-corrected chi connectivity index (χ0v) is 15.7. The quantitative estimate of drug-likeness (QED) is 0.709. The summed E-state index contributed by atoms with van der Waals surface area (Å²) < 4.78 is 28.5. The Kier molecular flexibility index (Phi) is 5.07. The van der Waals surface area contributed by atoms with Gasteiger partial charge in [0.2, 0.25) is 0 Å². The average molecular weight is 439 g/mol. The fourth-order valence-corrected chi connectivity index (χ4v) is 5.66. The third-order valence-corrected chi connectivity index (χ3v) is 8.01. The van der Waals surface area contributed by atoms with Crippen LogP contribution in [0.3, 0.4) is 0 Å². The number of nitrogens with zero attached hydrogens (tertiary/aromatic N) is 1. The van der Waals surface area contributed by atoms with Gasteiger partial charge in [-0.15, -0.1) is 11.3 Å².